The molecule has 10 nitrogen and oxygen atoms in total. The minimum atomic E-state index is -1.34. The van der Waals surface area contributed by atoms with Gasteiger partial charge in [-0.15, -0.1) is 0 Å². The van der Waals surface area contributed by atoms with Gasteiger partial charge in [-0.25, -0.2) is 0 Å². The number of amides is 1. The molecule has 0 spiro atoms. The van der Waals surface area contributed by atoms with Gasteiger partial charge in [-0.1, -0.05) is 5.11 Å². The van der Waals surface area contributed by atoms with Crippen molar-refractivity contribution in [2.75, 3.05) is 19.8 Å². The number of nitrogens with zero attached hydrogens (tertiary/aromatic N) is 3. The predicted molar refractivity (Wildman–Crippen MR) is 69.9 cm³/mol. The van der Waals surface area contributed by atoms with E-state index in [9.17, 15) is 15.0 Å². The molecule has 0 saturated carbocycles. The Kier molecular flexibility index (Phi) is 7.37. The van der Waals surface area contributed by atoms with Crippen molar-refractivity contribution < 1.29 is 29.6 Å². The summed E-state index contributed by atoms with van der Waals surface area (Å²) in [5, 5.41) is 34.7. The Balaban J connectivity index is 2.64. The number of aliphatic hydroxyl groups is 3. The molecule has 21 heavy (non-hydrogen) atoms. The minimum Gasteiger partial charge on any atom is -0.394 e. The number of hydrogen-bond acceptors (Lipinski definition) is 7. The Bertz CT molecular complexity index is 389. The van der Waals surface area contributed by atoms with Crippen LogP contribution in [0, 0.1) is 0 Å². The van der Waals surface area contributed by atoms with Gasteiger partial charge in [0.2, 0.25) is 5.91 Å². The van der Waals surface area contributed by atoms with Crippen LogP contribution in [-0.2, 0) is 14.3 Å². The average molecular weight is 304 g/mol. The highest BCUT2D eigenvalue weighted by atomic mass is 16.7. The van der Waals surface area contributed by atoms with E-state index in [2.05, 4.69) is 15.3 Å². The topological polar surface area (TPSA) is 157 Å². The molecule has 0 radical (unpaired) electrons. The Hall–Kier alpha value is -1.42. The summed E-state index contributed by atoms with van der Waals surface area (Å²) < 4.78 is 10.7. The molecule has 5 unspecified atom stereocenters. The van der Waals surface area contributed by atoms with Crippen molar-refractivity contribution >= 4 is 5.91 Å². The zero-order valence-electron chi connectivity index (χ0n) is 11.6. The molecule has 0 aliphatic carbocycles. The molecule has 0 bridgehead atoms. The zero-order valence-corrected chi connectivity index (χ0v) is 11.6. The molecule has 1 saturated heterocycles. The minimum absolute atomic E-state index is 0.167. The molecule has 1 rings (SSSR count). The summed E-state index contributed by atoms with van der Waals surface area (Å²) in [6, 6.07) is -0.959. The van der Waals surface area contributed by atoms with Crippen molar-refractivity contribution in [1.82, 2.24) is 5.32 Å². The SMILES string of the molecule is CC(=O)NC1C(OCCCN=[N+]=[N-])OC(CO)C(O)C1O. The van der Waals surface area contributed by atoms with Crippen LogP contribution in [0.4, 0.5) is 0 Å². The van der Waals surface area contributed by atoms with Crippen LogP contribution in [0.5, 0.6) is 0 Å². The molecular weight excluding hydrogens is 284 g/mol. The van der Waals surface area contributed by atoms with Gasteiger partial charge in [0, 0.05) is 25.0 Å². The lowest BCUT2D eigenvalue weighted by Gasteiger charge is -2.42. The maximum Gasteiger partial charge on any atom is 0.217 e. The van der Waals surface area contributed by atoms with E-state index in [0.717, 1.165) is 0 Å². The van der Waals surface area contributed by atoms with Gasteiger partial charge in [0.25, 0.3) is 0 Å². The van der Waals surface area contributed by atoms with Gasteiger partial charge in [0.05, 0.1) is 6.61 Å². The van der Waals surface area contributed by atoms with E-state index in [-0.39, 0.29) is 13.2 Å². The van der Waals surface area contributed by atoms with Gasteiger partial charge in [0.1, 0.15) is 24.4 Å². The predicted octanol–water partition coefficient (Wildman–Crippen LogP) is -1.35. The van der Waals surface area contributed by atoms with Gasteiger partial charge in [0.15, 0.2) is 6.29 Å². The lowest BCUT2D eigenvalue weighted by atomic mass is 9.97. The van der Waals surface area contributed by atoms with Crippen LogP contribution in [0.1, 0.15) is 13.3 Å². The van der Waals surface area contributed by atoms with E-state index in [0.29, 0.717) is 6.42 Å². The maximum atomic E-state index is 11.2. The smallest absolute Gasteiger partial charge is 0.217 e. The first-order valence-corrected chi connectivity index (χ1v) is 6.53. The van der Waals surface area contributed by atoms with Crippen LogP contribution >= 0.6 is 0 Å². The molecule has 120 valence electrons. The highest BCUT2D eigenvalue weighted by Crippen LogP contribution is 2.22. The summed E-state index contributed by atoms with van der Waals surface area (Å²) in [6.07, 6.45) is -4.27. The van der Waals surface area contributed by atoms with E-state index >= 15 is 0 Å². The van der Waals surface area contributed by atoms with Crippen molar-refractivity contribution in [3.8, 4) is 0 Å². The molecule has 0 aromatic heterocycles. The zero-order chi connectivity index (χ0) is 15.8. The van der Waals surface area contributed by atoms with Crippen LogP contribution in [0.3, 0.4) is 0 Å². The number of carbonyl (C=O) groups is 1. The Morgan fingerprint density at radius 1 is 1.48 bits per heavy atom. The quantitative estimate of drug-likeness (QED) is 0.197. The second-order valence-corrected chi connectivity index (χ2v) is 4.61. The first kappa shape index (κ1) is 17.6. The number of hydrogen-bond donors (Lipinski definition) is 4. The normalized spacial score (nSPS) is 32.3. The highest BCUT2D eigenvalue weighted by molar-refractivity contribution is 5.73. The molecule has 4 N–H and O–H groups in total. The number of rotatable bonds is 7. The van der Waals surface area contributed by atoms with Crippen molar-refractivity contribution in [2.24, 2.45) is 5.11 Å². The van der Waals surface area contributed by atoms with E-state index < -0.39 is 43.2 Å². The van der Waals surface area contributed by atoms with Crippen molar-refractivity contribution in [3.05, 3.63) is 10.4 Å². The second kappa shape index (κ2) is 8.78. The molecule has 5 atom stereocenters. The Morgan fingerprint density at radius 2 is 2.19 bits per heavy atom. The van der Waals surface area contributed by atoms with Crippen LogP contribution < -0.4 is 5.32 Å². The Morgan fingerprint density at radius 3 is 2.76 bits per heavy atom. The standard InChI is InChI=1S/C11H20N4O6/c1-6(17)14-8-10(19)9(18)7(5-16)21-11(8)20-4-2-3-13-15-12/h7-11,16,18-19H,2-5H2,1H3,(H,14,17). The average Bonchev–Trinajstić information content (AvgIpc) is 2.45. The van der Waals surface area contributed by atoms with Gasteiger partial charge in [-0.05, 0) is 12.0 Å². The van der Waals surface area contributed by atoms with Crippen LogP contribution in [0.15, 0.2) is 5.11 Å². The molecular formula is C11H20N4O6. The monoisotopic (exact) mass is 304 g/mol. The molecule has 0 aromatic rings. The van der Waals surface area contributed by atoms with E-state index in [1.807, 2.05) is 0 Å². The van der Waals surface area contributed by atoms with Gasteiger partial charge < -0.3 is 30.1 Å². The van der Waals surface area contributed by atoms with Gasteiger partial charge >= 0.3 is 0 Å². The van der Waals surface area contributed by atoms with E-state index in [1.54, 1.807) is 0 Å². The lowest BCUT2D eigenvalue weighted by Crippen LogP contribution is -2.64. The first-order valence-electron chi connectivity index (χ1n) is 6.53. The van der Waals surface area contributed by atoms with Crippen LogP contribution in [-0.4, -0.2) is 71.6 Å². The summed E-state index contributed by atoms with van der Waals surface area (Å²) in [5.41, 5.74) is 8.14. The number of azide groups is 1. The van der Waals surface area contributed by atoms with Crippen molar-refractivity contribution in [2.45, 2.75) is 44.0 Å². The highest BCUT2D eigenvalue weighted by Gasteiger charge is 2.45. The first-order chi connectivity index (χ1) is 10.0. The molecule has 1 heterocycles. The summed E-state index contributed by atoms with van der Waals surface area (Å²) >= 11 is 0. The molecule has 0 aromatic carbocycles. The third kappa shape index (κ3) is 5.12. The largest absolute Gasteiger partial charge is 0.394 e. The molecule has 1 amide bonds. The Labute approximate surface area is 121 Å². The molecule has 1 aliphatic heterocycles. The van der Waals surface area contributed by atoms with Crippen molar-refractivity contribution in [3.63, 3.8) is 0 Å². The third-order valence-corrected chi connectivity index (χ3v) is 3.00. The van der Waals surface area contributed by atoms with Crippen LogP contribution in [0.25, 0.3) is 10.4 Å². The summed E-state index contributed by atoms with van der Waals surface area (Å²) in [5.74, 6) is -0.417. The number of ether oxygens (including phenoxy) is 2. The van der Waals surface area contributed by atoms with Gasteiger partial charge in [-0.3, -0.25) is 4.79 Å². The number of nitrogens with one attached hydrogen (secondary N) is 1. The van der Waals surface area contributed by atoms with E-state index in [1.165, 1.54) is 6.92 Å². The maximum absolute atomic E-state index is 11.2. The fourth-order valence-electron chi connectivity index (χ4n) is 1.99. The summed E-state index contributed by atoms with van der Waals surface area (Å²) in [6.45, 7) is 1.17. The molecule has 10 heteroatoms. The van der Waals surface area contributed by atoms with Crippen LogP contribution in [0.2, 0.25) is 0 Å². The van der Waals surface area contributed by atoms with Gasteiger partial charge in [-0.2, -0.15) is 0 Å². The molecule has 1 fully saturated rings. The third-order valence-electron chi connectivity index (χ3n) is 3.00. The summed E-state index contributed by atoms with van der Waals surface area (Å²) in [4.78, 5) is 13.8. The van der Waals surface area contributed by atoms with Crippen molar-refractivity contribution in [1.29, 1.82) is 0 Å². The number of carbonyl (C=O) groups excluding carboxylic acids is 1. The van der Waals surface area contributed by atoms with E-state index in [4.69, 9.17) is 20.1 Å². The molecule has 1 aliphatic rings. The fourth-order valence-corrected chi connectivity index (χ4v) is 1.99. The fraction of sp³-hybridized carbons (Fsp3) is 0.909. The second-order valence-electron chi connectivity index (χ2n) is 4.61. The lowest BCUT2D eigenvalue weighted by molar-refractivity contribution is -0.270. The summed E-state index contributed by atoms with van der Waals surface area (Å²) in [7, 11) is 0. The number of aliphatic hydroxyl groups excluding tert-OH is 3.